The van der Waals surface area contributed by atoms with Crippen LogP contribution in [0.5, 0.6) is 0 Å². The molecule has 1 aliphatic heterocycles. The summed E-state index contributed by atoms with van der Waals surface area (Å²) in [7, 11) is 0. The molecule has 0 radical (unpaired) electrons. The Bertz CT molecular complexity index is 1040. The highest BCUT2D eigenvalue weighted by Crippen LogP contribution is 2.23. The van der Waals surface area contributed by atoms with Crippen LogP contribution in [0.25, 0.3) is 0 Å². The summed E-state index contributed by atoms with van der Waals surface area (Å²) in [5.41, 5.74) is 1.60. The van der Waals surface area contributed by atoms with Crippen LogP contribution in [0.4, 0.5) is 11.5 Å². The molecule has 0 unspecified atom stereocenters. The van der Waals surface area contributed by atoms with Crippen molar-refractivity contribution in [1.29, 1.82) is 0 Å². The van der Waals surface area contributed by atoms with Crippen molar-refractivity contribution in [3.8, 4) is 0 Å². The predicted octanol–water partition coefficient (Wildman–Crippen LogP) is 3.67. The monoisotopic (exact) mass is 399 g/mol. The minimum Gasteiger partial charge on any atom is -0.360 e. The van der Waals surface area contributed by atoms with Gasteiger partial charge in [0.1, 0.15) is 5.76 Å². The maximum absolute atomic E-state index is 12.8. The summed E-state index contributed by atoms with van der Waals surface area (Å²) in [5, 5.41) is 9.82. The number of anilines is 2. The fourth-order valence-electron chi connectivity index (χ4n) is 3.22. The SMILES string of the molecule is Cc1cc(NC(=O)c2nc(C(=O)Nc3ccc(Cl)cc3)n3c2CCCC3)no1. The first-order chi connectivity index (χ1) is 13.5. The van der Waals surface area contributed by atoms with Gasteiger partial charge in [-0.05, 0) is 50.5 Å². The minimum absolute atomic E-state index is 0.214. The molecule has 2 N–H and O–H groups in total. The van der Waals surface area contributed by atoms with E-state index in [9.17, 15) is 9.59 Å². The molecule has 0 saturated carbocycles. The van der Waals surface area contributed by atoms with Gasteiger partial charge in [-0.25, -0.2) is 4.98 Å². The molecule has 4 rings (SSSR count). The van der Waals surface area contributed by atoms with Crippen LogP contribution in [-0.4, -0.2) is 26.5 Å². The van der Waals surface area contributed by atoms with Gasteiger partial charge >= 0.3 is 0 Å². The number of hydrogen-bond acceptors (Lipinski definition) is 5. The third-order valence-corrected chi connectivity index (χ3v) is 4.76. The molecule has 8 nitrogen and oxygen atoms in total. The van der Waals surface area contributed by atoms with E-state index in [1.54, 1.807) is 37.3 Å². The van der Waals surface area contributed by atoms with Crippen molar-refractivity contribution in [2.24, 2.45) is 0 Å². The van der Waals surface area contributed by atoms with Crippen LogP contribution < -0.4 is 10.6 Å². The van der Waals surface area contributed by atoms with Crippen LogP contribution in [0.1, 0.15) is 45.4 Å². The van der Waals surface area contributed by atoms with Gasteiger partial charge in [0.15, 0.2) is 17.3 Å². The Labute approximate surface area is 165 Å². The minimum atomic E-state index is -0.413. The first kappa shape index (κ1) is 18.2. The first-order valence-electron chi connectivity index (χ1n) is 8.92. The molecule has 0 saturated heterocycles. The number of nitrogens with one attached hydrogen (secondary N) is 2. The van der Waals surface area contributed by atoms with Crippen molar-refractivity contribution in [2.75, 3.05) is 10.6 Å². The molecule has 2 amide bonds. The van der Waals surface area contributed by atoms with E-state index < -0.39 is 5.91 Å². The number of aromatic nitrogens is 3. The molecular formula is C19H18ClN5O3. The van der Waals surface area contributed by atoms with Gasteiger partial charge in [-0.2, -0.15) is 0 Å². The van der Waals surface area contributed by atoms with Crippen molar-refractivity contribution >= 4 is 34.9 Å². The van der Waals surface area contributed by atoms with Gasteiger partial charge in [-0.15, -0.1) is 0 Å². The Kier molecular flexibility index (Phi) is 4.87. The maximum atomic E-state index is 12.8. The topological polar surface area (TPSA) is 102 Å². The molecule has 144 valence electrons. The second-order valence-corrected chi connectivity index (χ2v) is 7.01. The second-order valence-electron chi connectivity index (χ2n) is 6.58. The van der Waals surface area contributed by atoms with Crippen LogP contribution in [0.15, 0.2) is 34.9 Å². The molecular weight excluding hydrogens is 382 g/mol. The summed E-state index contributed by atoms with van der Waals surface area (Å²) in [6.07, 6.45) is 2.54. The average molecular weight is 400 g/mol. The van der Waals surface area contributed by atoms with Gasteiger partial charge in [0.2, 0.25) is 0 Å². The molecule has 0 fully saturated rings. The highest BCUT2D eigenvalue weighted by molar-refractivity contribution is 6.30. The van der Waals surface area contributed by atoms with E-state index in [-0.39, 0.29) is 17.4 Å². The number of nitrogens with zero attached hydrogens (tertiary/aromatic N) is 3. The predicted molar refractivity (Wildman–Crippen MR) is 104 cm³/mol. The zero-order valence-corrected chi connectivity index (χ0v) is 15.9. The number of fused-ring (bicyclic) bond motifs is 1. The summed E-state index contributed by atoms with van der Waals surface area (Å²) in [6, 6.07) is 8.42. The van der Waals surface area contributed by atoms with Gasteiger partial charge in [0.25, 0.3) is 11.8 Å². The molecule has 9 heteroatoms. The number of rotatable bonds is 4. The molecule has 3 aromatic rings. The molecule has 2 aromatic heterocycles. The summed E-state index contributed by atoms with van der Waals surface area (Å²) in [5.74, 6) is 0.329. The number of hydrogen-bond donors (Lipinski definition) is 2. The molecule has 0 bridgehead atoms. The van der Waals surface area contributed by atoms with Crippen molar-refractivity contribution in [3.05, 3.63) is 58.3 Å². The standard InChI is InChI=1S/C19H18ClN5O3/c1-11-10-15(24-28-11)22-18(26)16-14-4-2-3-9-25(14)17(23-16)19(27)21-13-7-5-12(20)6-8-13/h5-8,10H,2-4,9H2,1H3,(H,21,27)(H,22,24,26). The van der Waals surface area contributed by atoms with Gasteiger partial charge < -0.3 is 19.7 Å². The Morgan fingerprint density at radius 2 is 1.93 bits per heavy atom. The molecule has 1 aliphatic rings. The molecule has 3 heterocycles. The van der Waals surface area contributed by atoms with Crippen LogP contribution in [0.3, 0.4) is 0 Å². The van der Waals surface area contributed by atoms with Gasteiger partial charge in [0.05, 0.1) is 5.69 Å². The quantitative estimate of drug-likeness (QED) is 0.696. The largest absolute Gasteiger partial charge is 0.360 e. The lowest BCUT2D eigenvalue weighted by atomic mass is 10.1. The highest BCUT2D eigenvalue weighted by Gasteiger charge is 2.28. The van der Waals surface area contributed by atoms with Crippen molar-refractivity contribution in [3.63, 3.8) is 0 Å². The van der Waals surface area contributed by atoms with Crippen molar-refractivity contribution in [2.45, 2.75) is 32.7 Å². The number of halogens is 1. The fraction of sp³-hybridized carbons (Fsp3) is 0.263. The number of aryl methyl sites for hydroxylation is 1. The van der Waals surface area contributed by atoms with Crippen LogP contribution in [0.2, 0.25) is 5.02 Å². The van der Waals surface area contributed by atoms with E-state index in [0.29, 0.717) is 35.3 Å². The lowest BCUT2D eigenvalue weighted by molar-refractivity contribution is 0.101. The van der Waals surface area contributed by atoms with Gasteiger partial charge in [0, 0.05) is 23.3 Å². The Morgan fingerprint density at radius 1 is 1.14 bits per heavy atom. The van der Waals surface area contributed by atoms with E-state index in [1.165, 1.54) is 0 Å². The fourth-order valence-corrected chi connectivity index (χ4v) is 3.35. The Hall–Kier alpha value is -3.13. The third kappa shape index (κ3) is 3.63. The number of amides is 2. The summed E-state index contributed by atoms with van der Waals surface area (Å²) >= 11 is 5.88. The molecule has 0 spiro atoms. The van der Waals surface area contributed by atoms with Crippen LogP contribution in [-0.2, 0) is 13.0 Å². The van der Waals surface area contributed by atoms with Crippen molar-refractivity contribution in [1.82, 2.24) is 14.7 Å². The zero-order valence-electron chi connectivity index (χ0n) is 15.2. The van der Waals surface area contributed by atoms with E-state index in [4.69, 9.17) is 16.1 Å². The van der Waals surface area contributed by atoms with E-state index in [2.05, 4.69) is 20.8 Å². The Morgan fingerprint density at radius 3 is 2.64 bits per heavy atom. The summed E-state index contributed by atoms with van der Waals surface area (Å²) < 4.78 is 6.79. The van der Waals surface area contributed by atoms with Crippen LogP contribution in [0, 0.1) is 6.92 Å². The van der Waals surface area contributed by atoms with Gasteiger partial charge in [-0.1, -0.05) is 16.8 Å². The van der Waals surface area contributed by atoms with Gasteiger partial charge in [-0.3, -0.25) is 9.59 Å². The number of carbonyl (C=O) groups is 2. The zero-order chi connectivity index (χ0) is 19.7. The second kappa shape index (κ2) is 7.47. The van der Waals surface area contributed by atoms with E-state index in [0.717, 1.165) is 18.5 Å². The van der Waals surface area contributed by atoms with E-state index in [1.807, 2.05) is 4.57 Å². The number of benzene rings is 1. The molecule has 0 atom stereocenters. The third-order valence-electron chi connectivity index (χ3n) is 4.51. The number of carbonyl (C=O) groups excluding carboxylic acids is 2. The molecule has 28 heavy (non-hydrogen) atoms. The lowest BCUT2D eigenvalue weighted by Crippen LogP contribution is -2.21. The normalized spacial score (nSPS) is 13.1. The highest BCUT2D eigenvalue weighted by atomic mass is 35.5. The molecule has 0 aliphatic carbocycles. The number of imidazole rings is 1. The van der Waals surface area contributed by atoms with E-state index >= 15 is 0 Å². The van der Waals surface area contributed by atoms with Crippen LogP contribution >= 0.6 is 11.6 Å². The molecule has 1 aromatic carbocycles. The average Bonchev–Trinajstić information content (AvgIpc) is 3.27. The Balaban J connectivity index is 1.61. The smallest absolute Gasteiger partial charge is 0.291 e. The maximum Gasteiger partial charge on any atom is 0.291 e. The lowest BCUT2D eigenvalue weighted by Gasteiger charge is -2.17. The first-order valence-corrected chi connectivity index (χ1v) is 9.30. The summed E-state index contributed by atoms with van der Waals surface area (Å²) in [4.78, 5) is 29.9. The summed E-state index contributed by atoms with van der Waals surface area (Å²) in [6.45, 7) is 2.38. The van der Waals surface area contributed by atoms with Crippen molar-refractivity contribution < 1.29 is 14.1 Å².